The van der Waals surface area contributed by atoms with Gasteiger partial charge in [-0.1, -0.05) is 20.3 Å². The van der Waals surface area contributed by atoms with Crippen LogP contribution in [0.2, 0.25) is 0 Å². The molecule has 1 atom stereocenters. The van der Waals surface area contributed by atoms with Gasteiger partial charge in [-0.2, -0.15) is 0 Å². The second kappa shape index (κ2) is 7.80. The standard InChI is InChI=1S/C10H17ClO3/c1-3-5-6-9(12)14-10(13)7-8(11)4-2/h8H,3-7H2,1-2H3. The molecule has 0 heterocycles. The molecule has 0 aliphatic carbocycles. The van der Waals surface area contributed by atoms with Crippen molar-refractivity contribution in [3.05, 3.63) is 0 Å². The Hall–Kier alpha value is -0.570. The summed E-state index contributed by atoms with van der Waals surface area (Å²) in [7, 11) is 0. The molecule has 0 aliphatic rings. The van der Waals surface area contributed by atoms with Crippen LogP contribution in [0.4, 0.5) is 0 Å². The Morgan fingerprint density at radius 1 is 1.29 bits per heavy atom. The number of carbonyl (C=O) groups excluding carboxylic acids is 2. The summed E-state index contributed by atoms with van der Waals surface area (Å²) in [6.45, 7) is 3.85. The maximum Gasteiger partial charge on any atom is 0.314 e. The lowest BCUT2D eigenvalue weighted by Gasteiger charge is -2.05. The summed E-state index contributed by atoms with van der Waals surface area (Å²) in [4.78, 5) is 22.1. The summed E-state index contributed by atoms with van der Waals surface area (Å²) in [5.74, 6) is -0.968. The SMILES string of the molecule is CCCCC(=O)OC(=O)CC(Cl)CC. The Labute approximate surface area is 89.8 Å². The number of rotatable bonds is 6. The van der Waals surface area contributed by atoms with Gasteiger partial charge in [-0.25, -0.2) is 0 Å². The highest BCUT2D eigenvalue weighted by atomic mass is 35.5. The third-order valence-electron chi connectivity index (χ3n) is 1.79. The van der Waals surface area contributed by atoms with Crippen LogP contribution >= 0.6 is 11.6 Å². The van der Waals surface area contributed by atoms with Crippen molar-refractivity contribution in [3.63, 3.8) is 0 Å². The first kappa shape index (κ1) is 13.4. The molecule has 0 saturated carbocycles. The fourth-order valence-corrected chi connectivity index (χ4v) is 0.992. The molecule has 0 bridgehead atoms. The van der Waals surface area contributed by atoms with Crippen LogP contribution in [0.3, 0.4) is 0 Å². The van der Waals surface area contributed by atoms with Crippen molar-refractivity contribution in [1.82, 2.24) is 0 Å². The Balaban J connectivity index is 3.66. The van der Waals surface area contributed by atoms with E-state index in [-0.39, 0.29) is 11.8 Å². The van der Waals surface area contributed by atoms with E-state index in [2.05, 4.69) is 4.74 Å². The van der Waals surface area contributed by atoms with E-state index in [4.69, 9.17) is 11.6 Å². The van der Waals surface area contributed by atoms with Gasteiger partial charge in [-0.15, -0.1) is 11.6 Å². The van der Waals surface area contributed by atoms with Gasteiger partial charge in [-0.05, 0) is 12.8 Å². The maximum absolute atomic E-state index is 11.1. The molecule has 0 aromatic heterocycles. The minimum atomic E-state index is -0.520. The van der Waals surface area contributed by atoms with Crippen LogP contribution in [0.1, 0.15) is 46.0 Å². The first-order valence-electron chi connectivity index (χ1n) is 4.97. The van der Waals surface area contributed by atoms with E-state index >= 15 is 0 Å². The number of halogens is 1. The molecule has 3 nitrogen and oxygen atoms in total. The average molecular weight is 221 g/mol. The lowest BCUT2D eigenvalue weighted by Crippen LogP contribution is -2.15. The topological polar surface area (TPSA) is 43.4 Å². The van der Waals surface area contributed by atoms with Crippen molar-refractivity contribution >= 4 is 23.5 Å². The third kappa shape index (κ3) is 6.89. The molecule has 4 heteroatoms. The quantitative estimate of drug-likeness (QED) is 0.393. The van der Waals surface area contributed by atoms with Crippen LogP contribution in [-0.4, -0.2) is 17.3 Å². The van der Waals surface area contributed by atoms with E-state index in [1.54, 1.807) is 0 Å². The van der Waals surface area contributed by atoms with Crippen LogP contribution in [0.15, 0.2) is 0 Å². The number of unbranched alkanes of at least 4 members (excludes halogenated alkanes) is 1. The van der Waals surface area contributed by atoms with E-state index in [1.807, 2.05) is 13.8 Å². The zero-order valence-corrected chi connectivity index (χ0v) is 9.47. The van der Waals surface area contributed by atoms with Gasteiger partial charge < -0.3 is 4.74 Å². The zero-order valence-electron chi connectivity index (χ0n) is 8.72. The van der Waals surface area contributed by atoms with Crippen molar-refractivity contribution < 1.29 is 14.3 Å². The Kier molecular flexibility index (Phi) is 7.48. The monoisotopic (exact) mass is 220 g/mol. The summed E-state index contributed by atoms with van der Waals surface area (Å²) < 4.78 is 4.56. The van der Waals surface area contributed by atoms with E-state index in [0.29, 0.717) is 12.8 Å². The fraction of sp³-hybridized carbons (Fsp3) is 0.800. The highest BCUT2D eigenvalue weighted by molar-refractivity contribution is 6.21. The average Bonchev–Trinajstić information content (AvgIpc) is 2.14. The van der Waals surface area contributed by atoms with Gasteiger partial charge in [0.1, 0.15) is 0 Å². The number of hydrogen-bond donors (Lipinski definition) is 0. The van der Waals surface area contributed by atoms with Gasteiger partial charge in [0.15, 0.2) is 0 Å². The van der Waals surface area contributed by atoms with Crippen LogP contribution in [0.25, 0.3) is 0 Å². The summed E-state index contributed by atoms with van der Waals surface area (Å²) >= 11 is 5.74. The third-order valence-corrected chi connectivity index (χ3v) is 2.26. The number of carbonyl (C=O) groups is 2. The number of esters is 2. The van der Waals surface area contributed by atoms with E-state index < -0.39 is 11.9 Å². The molecule has 0 rings (SSSR count). The van der Waals surface area contributed by atoms with Crippen LogP contribution in [0, 0.1) is 0 Å². The van der Waals surface area contributed by atoms with Gasteiger partial charge in [0, 0.05) is 11.8 Å². The Bertz CT molecular complexity index is 192. The van der Waals surface area contributed by atoms with Gasteiger partial charge in [0.25, 0.3) is 0 Å². The smallest absolute Gasteiger partial charge is 0.314 e. The molecular weight excluding hydrogens is 204 g/mol. The molecule has 0 amide bonds. The van der Waals surface area contributed by atoms with Gasteiger partial charge in [0.05, 0.1) is 6.42 Å². The second-order valence-corrected chi connectivity index (χ2v) is 3.78. The molecule has 14 heavy (non-hydrogen) atoms. The van der Waals surface area contributed by atoms with E-state index in [1.165, 1.54) is 0 Å². The summed E-state index contributed by atoms with van der Waals surface area (Å²) in [5, 5.41) is -0.235. The molecule has 0 radical (unpaired) electrons. The molecule has 0 saturated heterocycles. The Morgan fingerprint density at radius 3 is 2.43 bits per heavy atom. The largest absolute Gasteiger partial charge is 0.393 e. The van der Waals surface area contributed by atoms with E-state index in [9.17, 15) is 9.59 Å². The molecule has 0 aromatic carbocycles. The molecule has 1 unspecified atom stereocenters. The molecule has 0 N–H and O–H groups in total. The zero-order chi connectivity index (χ0) is 11.0. The molecular formula is C10H17ClO3. The highest BCUT2D eigenvalue weighted by Crippen LogP contribution is 2.08. The lowest BCUT2D eigenvalue weighted by molar-refractivity contribution is -0.159. The number of ether oxygens (including phenoxy) is 1. The highest BCUT2D eigenvalue weighted by Gasteiger charge is 2.13. The minimum absolute atomic E-state index is 0.107. The van der Waals surface area contributed by atoms with Gasteiger partial charge >= 0.3 is 11.9 Å². The van der Waals surface area contributed by atoms with Crippen molar-refractivity contribution in [2.75, 3.05) is 0 Å². The predicted octanol–water partition coefficient (Wildman–Crippen LogP) is 2.65. The molecule has 0 fully saturated rings. The molecule has 0 spiro atoms. The van der Waals surface area contributed by atoms with Crippen molar-refractivity contribution in [2.45, 2.75) is 51.3 Å². The number of hydrogen-bond acceptors (Lipinski definition) is 3. The summed E-state index contributed by atoms with van der Waals surface area (Å²) in [6.07, 6.45) is 2.78. The first-order chi connectivity index (χ1) is 6.60. The molecule has 0 aromatic rings. The maximum atomic E-state index is 11.1. The molecule has 82 valence electrons. The van der Waals surface area contributed by atoms with Crippen molar-refractivity contribution in [1.29, 1.82) is 0 Å². The predicted molar refractivity (Wildman–Crippen MR) is 55.2 cm³/mol. The van der Waals surface area contributed by atoms with E-state index in [0.717, 1.165) is 12.8 Å². The number of alkyl halides is 1. The van der Waals surface area contributed by atoms with Crippen LogP contribution < -0.4 is 0 Å². The van der Waals surface area contributed by atoms with Crippen LogP contribution in [0.5, 0.6) is 0 Å². The summed E-state index contributed by atoms with van der Waals surface area (Å²) in [6, 6.07) is 0. The van der Waals surface area contributed by atoms with Crippen LogP contribution in [-0.2, 0) is 14.3 Å². The Morgan fingerprint density at radius 2 is 1.93 bits per heavy atom. The van der Waals surface area contributed by atoms with Gasteiger partial charge in [-0.3, -0.25) is 9.59 Å². The molecule has 0 aliphatic heterocycles. The van der Waals surface area contributed by atoms with Crippen molar-refractivity contribution in [3.8, 4) is 0 Å². The minimum Gasteiger partial charge on any atom is -0.393 e. The van der Waals surface area contributed by atoms with Gasteiger partial charge in [0.2, 0.25) is 0 Å². The first-order valence-corrected chi connectivity index (χ1v) is 5.41. The second-order valence-electron chi connectivity index (χ2n) is 3.16. The fourth-order valence-electron chi connectivity index (χ4n) is 0.866. The summed E-state index contributed by atoms with van der Waals surface area (Å²) in [5.41, 5.74) is 0. The normalized spacial score (nSPS) is 12.2. The van der Waals surface area contributed by atoms with Crippen molar-refractivity contribution in [2.24, 2.45) is 0 Å². The lowest BCUT2D eigenvalue weighted by atomic mass is 10.2.